The lowest BCUT2D eigenvalue weighted by Crippen LogP contribution is -2.37. The summed E-state index contributed by atoms with van der Waals surface area (Å²) in [5.41, 5.74) is -0.617. The van der Waals surface area contributed by atoms with Gasteiger partial charge in [-0.15, -0.1) is 0 Å². The second kappa shape index (κ2) is 7.61. The zero-order chi connectivity index (χ0) is 19.7. The maximum Gasteiger partial charge on any atom is 0.352 e. The van der Waals surface area contributed by atoms with Crippen molar-refractivity contribution < 1.29 is 4.39 Å². The average Bonchev–Trinajstić information content (AvgIpc) is 2.71. The van der Waals surface area contributed by atoms with Gasteiger partial charge in [0, 0.05) is 19.2 Å². The van der Waals surface area contributed by atoms with Gasteiger partial charge in [0.1, 0.15) is 5.82 Å². The van der Waals surface area contributed by atoms with E-state index in [4.69, 9.17) is 0 Å². The Morgan fingerprint density at radius 1 is 1.14 bits per heavy atom. The normalized spacial score (nSPS) is 15.2. The van der Waals surface area contributed by atoms with Gasteiger partial charge in [0.2, 0.25) is 0 Å². The summed E-state index contributed by atoms with van der Waals surface area (Å²) in [5, 5.41) is 4.50. The van der Waals surface area contributed by atoms with Crippen molar-refractivity contribution in [2.24, 2.45) is 13.0 Å². The zero-order valence-corrected chi connectivity index (χ0v) is 15.8. The van der Waals surface area contributed by atoms with Gasteiger partial charge in [0.15, 0.2) is 17.3 Å². The number of benzene rings is 1. The molecule has 0 unspecified atom stereocenters. The highest BCUT2D eigenvalue weighted by Gasteiger charge is 2.22. The van der Waals surface area contributed by atoms with E-state index in [1.54, 1.807) is 16.8 Å². The third-order valence-corrected chi connectivity index (χ3v) is 5.44. The Hall–Kier alpha value is -2.90. The lowest BCUT2D eigenvalue weighted by atomic mass is 9.87. The minimum atomic E-state index is -0.633. The lowest BCUT2D eigenvalue weighted by molar-refractivity contribution is 0.317. The molecular weight excluding hydrogens is 361 g/mol. The Balaban J connectivity index is 1.81. The van der Waals surface area contributed by atoms with E-state index in [2.05, 4.69) is 15.1 Å². The van der Waals surface area contributed by atoms with Crippen LogP contribution in [0, 0.1) is 11.7 Å². The number of nitrogens with zero attached hydrogens (tertiary/aromatic N) is 5. The van der Waals surface area contributed by atoms with E-state index in [-0.39, 0.29) is 17.3 Å². The molecule has 0 saturated heterocycles. The van der Waals surface area contributed by atoms with E-state index >= 15 is 0 Å². The highest BCUT2D eigenvalue weighted by atomic mass is 19.1. The molecule has 1 saturated carbocycles. The standard InChI is InChI=1S/C20H22FN5O2/c1-25-19(27)16-18(23-20(25)28)26(11-10-13-6-3-2-4-7-13)24-17(22-16)14-8-5-9-15(21)12-14/h5,8-9,12-13H,2-4,6-7,10-11H2,1H3. The highest BCUT2D eigenvalue weighted by Crippen LogP contribution is 2.27. The number of rotatable bonds is 4. The van der Waals surface area contributed by atoms with E-state index in [9.17, 15) is 14.0 Å². The number of halogens is 1. The fraction of sp³-hybridized carbons (Fsp3) is 0.450. The van der Waals surface area contributed by atoms with Crippen LogP contribution in [0.25, 0.3) is 22.9 Å². The molecule has 1 aromatic rings. The van der Waals surface area contributed by atoms with Crippen LogP contribution in [0.15, 0.2) is 33.9 Å². The largest absolute Gasteiger partial charge is 0.352 e. The van der Waals surface area contributed by atoms with Crippen molar-refractivity contribution in [2.45, 2.75) is 45.1 Å². The summed E-state index contributed by atoms with van der Waals surface area (Å²) in [6, 6.07) is 5.93. The molecule has 2 aliphatic heterocycles. The molecule has 146 valence electrons. The predicted octanol–water partition coefficient (Wildman–Crippen LogP) is 2.61. The van der Waals surface area contributed by atoms with Crippen molar-refractivity contribution in [3.63, 3.8) is 0 Å². The van der Waals surface area contributed by atoms with Gasteiger partial charge in [-0.25, -0.2) is 18.9 Å². The molecule has 0 amide bonds. The minimum Gasteiger partial charge on any atom is -0.267 e. The molecule has 2 heterocycles. The van der Waals surface area contributed by atoms with Crippen LogP contribution in [0.1, 0.15) is 38.5 Å². The Labute approximate surface area is 161 Å². The minimum absolute atomic E-state index is 0.0694. The van der Waals surface area contributed by atoms with Crippen LogP contribution in [0.3, 0.4) is 0 Å². The SMILES string of the molecule is Cn1c(=O)nc2n(CCC3CCCCC3)nc(-c3cccc(F)c3)nc-2c1=O. The molecule has 4 rings (SSSR count). The topological polar surface area (TPSA) is 82.7 Å². The first-order chi connectivity index (χ1) is 13.5. The molecule has 7 nitrogen and oxygen atoms in total. The summed E-state index contributed by atoms with van der Waals surface area (Å²) >= 11 is 0. The van der Waals surface area contributed by atoms with E-state index in [0.29, 0.717) is 18.0 Å². The van der Waals surface area contributed by atoms with Crippen LogP contribution >= 0.6 is 0 Å². The number of hydrogen-bond acceptors (Lipinski definition) is 5. The summed E-state index contributed by atoms with van der Waals surface area (Å²) in [6.07, 6.45) is 7.01. The first-order valence-electron chi connectivity index (χ1n) is 9.65. The van der Waals surface area contributed by atoms with Gasteiger partial charge in [0.25, 0.3) is 5.56 Å². The zero-order valence-electron chi connectivity index (χ0n) is 15.8. The monoisotopic (exact) mass is 383 g/mol. The van der Waals surface area contributed by atoms with Crippen LogP contribution in [0.2, 0.25) is 0 Å². The third-order valence-electron chi connectivity index (χ3n) is 5.44. The molecule has 8 heteroatoms. The molecule has 0 spiro atoms. The quantitative estimate of drug-likeness (QED) is 0.692. The molecule has 1 aliphatic carbocycles. The van der Waals surface area contributed by atoms with Gasteiger partial charge >= 0.3 is 5.69 Å². The molecule has 0 N–H and O–H groups in total. The van der Waals surface area contributed by atoms with Crippen molar-refractivity contribution >= 4 is 0 Å². The number of fused-ring (bicyclic) bond motifs is 1. The molecule has 0 aromatic heterocycles. The molecule has 0 bridgehead atoms. The van der Waals surface area contributed by atoms with Gasteiger partial charge in [0.05, 0.1) is 0 Å². The molecule has 3 aliphatic rings. The van der Waals surface area contributed by atoms with Crippen LogP contribution in [0.5, 0.6) is 0 Å². The van der Waals surface area contributed by atoms with E-state index in [1.807, 2.05) is 0 Å². The third kappa shape index (κ3) is 3.58. The molecule has 28 heavy (non-hydrogen) atoms. The fourth-order valence-electron chi connectivity index (χ4n) is 3.81. The Morgan fingerprint density at radius 2 is 1.93 bits per heavy atom. The first-order valence-corrected chi connectivity index (χ1v) is 9.65. The molecule has 0 radical (unpaired) electrons. The average molecular weight is 383 g/mol. The number of aromatic nitrogens is 5. The van der Waals surface area contributed by atoms with Gasteiger partial charge in [-0.1, -0.05) is 44.2 Å². The van der Waals surface area contributed by atoms with Crippen LogP contribution in [-0.2, 0) is 13.6 Å². The maximum atomic E-state index is 13.7. The van der Waals surface area contributed by atoms with E-state index in [1.165, 1.54) is 51.3 Å². The molecule has 1 fully saturated rings. The van der Waals surface area contributed by atoms with E-state index < -0.39 is 17.1 Å². The summed E-state index contributed by atoms with van der Waals surface area (Å²) in [5.74, 6) is 0.621. The summed E-state index contributed by atoms with van der Waals surface area (Å²) in [7, 11) is 1.37. The lowest BCUT2D eigenvalue weighted by Gasteiger charge is -2.22. The Morgan fingerprint density at radius 3 is 2.68 bits per heavy atom. The number of hydrogen-bond donors (Lipinski definition) is 0. The summed E-state index contributed by atoms with van der Waals surface area (Å²) < 4.78 is 16.2. The van der Waals surface area contributed by atoms with Gasteiger partial charge < -0.3 is 0 Å². The van der Waals surface area contributed by atoms with Gasteiger partial charge in [-0.3, -0.25) is 9.36 Å². The van der Waals surface area contributed by atoms with Crippen LogP contribution < -0.4 is 11.2 Å². The fourth-order valence-corrected chi connectivity index (χ4v) is 3.81. The Kier molecular flexibility index (Phi) is 5.02. The molecule has 1 aromatic carbocycles. The molecule has 0 atom stereocenters. The molecular formula is C20H22FN5O2. The second-order valence-corrected chi connectivity index (χ2v) is 7.39. The second-order valence-electron chi connectivity index (χ2n) is 7.39. The summed E-state index contributed by atoms with van der Waals surface area (Å²) in [4.78, 5) is 33.0. The van der Waals surface area contributed by atoms with Crippen LogP contribution in [0.4, 0.5) is 4.39 Å². The predicted molar refractivity (Wildman–Crippen MR) is 103 cm³/mol. The van der Waals surface area contributed by atoms with Crippen molar-refractivity contribution in [3.8, 4) is 22.9 Å². The van der Waals surface area contributed by atoms with Gasteiger partial charge in [-0.2, -0.15) is 10.1 Å². The van der Waals surface area contributed by atoms with Crippen molar-refractivity contribution in [1.82, 2.24) is 24.3 Å². The maximum absolute atomic E-state index is 13.7. The van der Waals surface area contributed by atoms with Gasteiger partial charge in [-0.05, 0) is 24.5 Å². The Bertz CT molecular complexity index is 1080. The first kappa shape index (κ1) is 18.5. The van der Waals surface area contributed by atoms with E-state index in [0.717, 1.165) is 11.0 Å². The van der Waals surface area contributed by atoms with Crippen LogP contribution in [-0.4, -0.2) is 24.3 Å². The van der Waals surface area contributed by atoms with Crippen molar-refractivity contribution in [2.75, 3.05) is 0 Å². The van der Waals surface area contributed by atoms with Crippen molar-refractivity contribution in [3.05, 3.63) is 50.9 Å². The smallest absolute Gasteiger partial charge is 0.267 e. The summed E-state index contributed by atoms with van der Waals surface area (Å²) in [6.45, 7) is 0.533. The van der Waals surface area contributed by atoms with Crippen molar-refractivity contribution in [1.29, 1.82) is 0 Å². The highest BCUT2D eigenvalue weighted by molar-refractivity contribution is 5.59. The number of aryl methyl sites for hydroxylation is 1.